The third-order valence-electron chi connectivity index (χ3n) is 5.18. The second-order valence-corrected chi connectivity index (χ2v) is 7.36. The predicted molar refractivity (Wildman–Crippen MR) is 138 cm³/mol. The maximum atomic E-state index is 5.58. The minimum atomic E-state index is 0. The van der Waals surface area contributed by atoms with Gasteiger partial charge in [0.2, 0.25) is 0 Å². The summed E-state index contributed by atoms with van der Waals surface area (Å²) in [6, 6.07) is 16.3. The van der Waals surface area contributed by atoms with Crippen LogP contribution in [0.5, 0.6) is 11.5 Å². The van der Waals surface area contributed by atoms with Gasteiger partial charge in [-0.2, -0.15) is 5.10 Å². The number of hydrogen-bond donors (Lipinski definition) is 2. The molecule has 8 heteroatoms. The lowest BCUT2D eigenvalue weighted by Gasteiger charge is -2.11. The van der Waals surface area contributed by atoms with Crippen molar-refractivity contribution in [3.8, 4) is 17.2 Å². The molecule has 170 valence electrons. The molecule has 0 amide bonds. The van der Waals surface area contributed by atoms with Crippen molar-refractivity contribution in [2.24, 2.45) is 4.99 Å². The highest BCUT2D eigenvalue weighted by Crippen LogP contribution is 2.25. The molecule has 0 bridgehead atoms. The van der Waals surface area contributed by atoms with Crippen LogP contribution in [0.4, 0.5) is 0 Å². The number of benzene rings is 2. The van der Waals surface area contributed by atoms with Crippen LogP contribution < -0.4 is 20.1 Å². The van der Waals surface area contributed by atoms with E-state index in [-0.39, 0.29) is 24.0 Å². The van der Waals surface area contributed by atoms with Gasteiger partial charge in [0, 0.05) is 25.7 Å². The fourth-order valence-corrected chi connectivity index (χ4v) is 3.55. The Kier molecular flexibility index (Phi) is 8.78. The van der Waals surface area contributed by atoms with E-state index in [0.717, 1.165) is 61.4 Å². The summed E-state index contributed by atoms with van der Waals surface area (Å²) in [4.78, 5) is 4.69. The van der Waals surface area contributed by atoms with Gasteiger partial charge < -0.3 is 20.1 Å². The van der Waals surface area contributed by atoms with E-state index in [4.69, 9.17) is 9.47 Å². The van der Waals surface area contributed by atoms with Crippen LogP contribution in [0.25, 0.3) is 5.69 Å². The van der Waals surface area contributed by atoms with Gasteiger partial charge >= 0.3 is 0 Å². The first-order chi connectivity index (χ1) is 15.2. The number of hydrogen-bond acceptors (Lipinski definition) is 4. The molecule has 0 unspecified atom stereocenters. The van der Waals surface area contributed by atoms with Gasteiger partial charge in [0.1, 0.15) is 11.5 Å². The van der Waals surface area contributed by atoms with Crippen LogP contribution in [0.1, 0.15) is 23.7 Å². The summed E-state index contributed by atoms with van der Waals surface area (Å²) in [7, 11) is 1.66. The summed E-state index contributed by atoms with van der Waals surface area (Å²) in [5, 5.41) is 11.4. The molecular formula is C24H30IN5O2. The van der Waals surface area contributed by atoms with E-state index in [1.165, 1.54) is 11.1 Å². The van der Waals surface area contributed by atoms with E-state index < -0.39 is 0 Å². The van der Waals surface area contributed by atoms with Gasteiger partial charge in [0.05, 0.1) is 31.6 Å². The fourth-order valence-electron chi connectivity index (χ4n) is 3.55. The second kappa shape index (κ2) is 11.8. The first-order valence-electron chi connectivity index (χ1n) is 10.7. The van der Waals surface area contributed by atoms with Crippen molar-refractivity contribution >= 4 is 29.9 Å². The van der Waals surface area contributed by atoms with Crippen molar-refractivity contribution in [1.82, 2.24) is 20.4 Å². The number of halogens is 1. The number of nitrogens with zero attached hydrogens (tertiary/aromatic N) is 3. The maximum absolute atomic E-state index is 5.58. The molecule has 3 aromatic rings. The predicted octanol–water partition coefficient (Wildman–Crippen LogP) is 3.73. The highest BCUT2D eigenvalue weighted by molar-refractivity contribution is 14.0. The lowest BCUT2D eigenvalue weighted by molar-refractivity contribution is 0.357. The molecule has 0 aliphatic carbocycles. The molecule has 32 heavy (non-hydrogen) atoms. The number of fused-ring (bicyclic) bond motifs is 1. The van der Waals surface area contributed by atoms with Crippen LogP contribution in [0.15, 0.2) is 59.7 Å². The second-order valence-electron chi connectivity index (χ2n) is 7.36. The van der Waals surface area contributed by atoms with Crippen molar-refractivity contribution in [2.45, 2.75) is 26.3 Å². The van der Waals surface area contributed by atoms with Crippen LogP contribution >= 0.6 is 24.0 Å². The minimum Gasteiger partial charge on any atom is -0.497 e. The Bertz CT molecular complexity index is 1030. The van der Waals surface area contributed by atoms with Gasteiger partial charge in [-0.15, -0.1) is 24.0 Å². The Morgan fingerprint density at radius 1 is 1.16 bits per heavy atom. The molecule has 1 aliphatic heterocycles. The van der Waals surface area contributed by atoms with Gasteiger partial charge in [0.25, 0.3) is 0 Å². The molecule has 7 nitrogen and oxygen atoms in total. The third-order valence-corrected chi connectivity index (χ3v) is 5.18. The summed E-state index contributed by atoms with van der Waals surface area (Å²) >= 11 is 0. The molecule has 2 heterocycles. The normalized spacial score (nSPS) is 12.5. The Balaban J connectivity index is 0.00000289. The average molecular weight is 547 g/mol. The monoisotopic (exact) mass is 547 g/mol. The molecule has 2 aromatic carbocycles. The zero-order valence-corrected chi connectivity index (χ0v) is 20.8. The van der Waals surface area contributed by atoms with E-state index in [2.05, 4.69) is 45.8 Å². The van der Waals surface area contributed by atoms with Gasteiger partial charge in [0.15, 0.2) is 5.96 Å². The fraction of sp³-hybridized carbons (Fsp3) is 0.333. The molecule has 0 fully saturated rings. The first-order valence-corrected chi connectivity index (χ1v) is 10.7. The molecule has 0 spiro atoms. The van der Waals surface area contributed by atoms with Crippen molar-refractivity contribution in [3.63, 3.8) is 0 Å². The van der Waals surface area contributed by atoms with Gasteiger partial charge in [-0.25, -0.2) is 9.67 Å². The number of guanidine groups is 1. The molecule has 0 saturated carbocycles. The highest BCUT2D eigenvalue weighted by atomic mass is 127. The van der Waals surface area contributed by atoms with Crippen molar-refractivity contribution < 1.29 is 9.47 Å². The quantitative estimate of drug-likeness (QED) is 0.256. The van der Waals surface area contributed by atoms with Crippen molar-refractivity contribution in [2.75, 3.05) is 26.8 Å². The van der Waals surface area contributed by atoms with E-state index in [9.17, 15) is 0 Å². The number of methoxy groups -OCH3 is 1. The van der Waals surface area contributed by atoms with E-state index in [0.29, 0.717) is 6.54 Å². The lowest BCUT2D eigenvalue weighted by atomic mass is 10.1. The van der Waals surface area contributed by atoms with Crippen LogP contribution in [-0.2, 0) is 19.4 Å². The largest absolute Gasteiger partial charge is 0.497 e. The molecule has 1 aliphatic rings. The van der Waals surface area contributed by atoms with E-state index >= 15 is 0 Å². The number of nitrogens with one attached hydrogen (secondary N) is 2. The van der Waals surface area contributed by atoms with Crippen LogP contribution in [-0.4, -0.2) is 42.5 Å². The molecule has 0 saturated heterocycles. The van der Waals surface area contributed by atoms with Crippen molar-refractivity contribution in [1.29, 1.82) is 0 Å². The summed E-state index contributed by atoms with van der Waals surface area (Å²) in [5.74, 6) is 2.65. The van der Waals surface area contributed by atoms with Gasteiger partial charge in [-0.1, -0.05) is 12.1 Å². The minimum absolute atomic E-state index is 0. The Morgan fingerprint density at radius 3 is 2.78 bits per heavy atom. The molecule has 2 N–H and O–H groups in total. The molecular weight excluding hydrogens is 517 g/mol. The molecule has 0 radical (unpaired) electrons. The smallest absolute Gasteiger partial charge is 0.191 e. The molecule has 0 atom stereocenters. The average Bonchev–Trinajstić information content (AvgIpc) is 3.47. The summed E-state index contributed by atoms with van der Waals surface area (Å²) < 4.78 is 12.6. The maximum Gasteiger partial charge on any atom is 0.191 e. The zero-order chi connectivity index (χ0) is 21.5. The Labute approximate surface area is 206 Å². The van der Waals surface area contributed by atoms with Crippen molar-refractivity contribution in [3.05, 3.63) is 71.5 Å². The Morgan fingerprint density at radius 2 is 2.00 bits per heavy atom. The highest BCUT2D eigenvalue weighted by Gasteiger charge is 2.11. The van der Waals surface area contributed by atoms with Crippen LogP contribution in [0.2, 0.25) is 0 Å². The lowest BCUT2D eigenvalue weighted by Crippen LogP contribution is -2.38. The topological polar surface area (TPSA) is 72.7 Å². The number of aromatic nitrogens is 2. The number of ether oxygens (including phenoxy) is 2. The van der Waals surface area contributed by atoms with Crippen LogP contribution in [0, 0.1) is 0 Å². The standard InChI is InChI=1S/C24H29N5O2.HI/c1-3-25-24(26-13-10-18-4-9-23-19(16-18)12-15-31-23)27-17-20-11-14-29(28-20)21-5-7-22(30-2)8-6-21;/h4-9,11,14,16H,3,10,12-13,15,17H2,1-2H3,(H2,25,26,27);1H. The zero-order valence-electron chi connectivity index (χ0n) is 18.5. The van der Waals surface area contributed by atoms with Gasteiger partial charge in [-0.3, -0.25) is 0 Å². The van der Waals surface area contributed by atoms with E-state index in [1.807, 2.05) is 41.2 Å². The summed E-state index contributed by atoms with van der Waals surface area (Å²) in [6.07, 6.45) is 3.89. The Hall–Kier alpha value is -2.75. The summed E-state index contributed by atoms with van der Waals surface area (Å²) in [5.41, 5.74) is 4.52. The number of aliphatic imine (C=N–C) groups is 1. The number of rotatable bonds is 8. The van der Waals surface area contributed by atoms with Gasteiger partial charge in [-0.05, 0) is 60.9 Å². The molecule has 1 aromatic heterocycles. The first kappa shape index (κ1) is 23.9. The van der Waals surface area contributed by atoms with E-state index in [1.54, 1.807) is 7.11 Å². The summed E-state index contributed by atoms with van der Waals surface area (Å²) in [6.45, 7) is 4.99. The third kappa shape index (κ3) is 6.15. The van der Waals surface area contributed by atoms with Crippen LogP contribution in [0.3, 0.4) is 0 Å². The SMILES string of the molecule is CCNC(=NCc1ccn(-c2ccc(OC)cc2)n1)NCCc1ccc2c(c1)CCO2.I. The molecule has 4 rings (SSSR count).